The number of anilines is 1. The summed E-state index contributed by atoms with van der Waals surface area (Å²) in [5.41, 5.74) is 2.89. The molecule has 4 heterocycles. The highest BCUT2D eigenvalue weighted by Crippen LogP contribution is 2.29. The average molecular weight is 384 g/mol. The van der Waals surface area contributed by atoms with Crippen molar-refractivity contribution in [2.45, 2.75) is 32.2 Å². The zero-order valence-corrected chi connectivity index (χ0v) is 16.1. The molecule has 2 saturated heterocycles. The standard InChI is InChI=1S/C19H22ClN7/c1-12-15-10-13(5-6-16(15)23-22-12)18-21-19(17(20)24-25-18)27-9-8-26-7-3-2-4-14(26)11-27/h5-6,10,14H,2-4,7-9,11H2,1H3,(H,22,23). The van der Waals surface area contributed by atoms with Crippen molar-refractivity contribution in [1.82, 2.24) is 30.3 Å². The number of hydrogen-bond acceptors (Lipinski definition) is 6. The maximum atomic E-state index is 6.39. The number of nitrogens with one attached hydrogen (secondary N) is 1. The molecule has 2 aliphatic rings. The minimum Gasteiger partial charge on any atom is -0.351 e. The molecule has 0 amide bonds. The van der Waals surface area contributed by atoms with Gasteiger partial charge in [0.15, 0.2) is 16.8 Å². The molecule has 3 aromatic rings. The molecular weight excluding hydrogens is 362 g/mol. The molecular formula is C19H22ClN7. The van der Waals surface area contributed by atoms with Crippen molar-refractivity contribution >= 4 is 28.3 Å². The van der Waals surface area contributed by atoms with Gasteiger partial charge in [-0.1, -0.05) is 18.0 Å². The van der Waals surface area contributed by atoms with E-state index in [9.17, 15) is 0 Å². The molecule has 1 N–H and O–H groups in total. The van der Waals surface area contributed by atoms with E-state index in [4.69, 9.17) is 16.6 Å². The number of benzene rings is 1. The van der Waals surface area contributed by atoms with Crippen LogP contribution in [0.1, 0.15) is 25.0 Å². The summed E-state index contributed by atoms with van der Waals surface area (Å²) in [5.74, 6) is 1.35. The number of fused-ring (bicyclic) bond motifs is 2. The molecule has 2 aliphatic heterocycles. The van der Waals surface area contributed by atoms with Crippen LogP contribution in [0.3, 0.4) is 0 Å². The van der Waals surface area contributed by atoms with Crippen molar-refractivity contribution in [3.8, 4) is 11.4 Å². The van der Waals surface area contributed by atoms with Crippen molar-refractivity contribution in [3.05, 3.63) is 29.0 Å². The highest BCUT2D eigenvalue weighted by molar-refractivity contribution is 6.31. The van der Waals surface area contributed by atoms with Gasteiger partial charge in [-0.2, -0.15) is 5.10 Å². The lowest BCUT2D eigenvalue weighted by Gasteiger charge is -2.44. The Labute approximate surface area is 162 Å². The third-order valence-electron chi connectivity index (χ3n) is 5.78. The fourth-order valence-corrected chi connectivity index (χ4v) is 4.46. The van der Waals surface area contributed by atoms with Gasteiger partial charge < -0.3 is 4.90 Å². The van der Waals surface area contributed by atoms with Crippen LogP contribution >= 0.6 is 11.6 Å². The topological polar surface area (TPSA) is 73.8 Å². The van der Waals surface area contributed by atoms with Crippen molar-refractivity contribution < 1.29 is 0 Å². The molecule has 1 atom stereocenters. The molecule has 5 rings (SSSR count). The van der Waals surface area contributed by atoms with Gasteiger partial charge in [-0.3, -0.25) is 10.00 Å². The minimum absolute atomic E-state index is 0.378. The first kappa shape index (κ1) is 16.9. The Morgan fingerprint density at radius 3 is 3.00 bits per heavy atom. The number of piperidine rings is 1. The van der Waals surface area contributed by atoms with Gasteiger partial charge in [0.1, 0.15) is 0 Å². The Morgan fingerprint density at radius 2 is 2.07 bits per heavy atom. The molecule has 1 aromatic carbocycles. The number of aromatic nitrogens is 5. The first-order valence-electron chi connectivity index (χ1n) is 9.53. The summed E-state index contributed by atoms with van der Waals surface area (Å²) in [7, 11) is 0. The van der Waals surface area contributed by atoms with E-state index in [1.165, 1.54) is 25.8 Å². The molecule has 0 radical (unpaired) electrons. The number of rotatable bonds is 2. The second-order valence-corrected chi connectivity index (χ2v) is 7.81. The van der Waals surface area contributed by atoms with Crippen LogP contribution in [0.4, 0.5) is 5.82 Å². The molecule has 7 nitrogen and oxygen atoms in total. The maximum absolute atomic E-state index is 6.39. The van der Waals surface area contributed by atoms with Crippen molar-refractivity contribution in [3.63, 3.8) is 0 Å². The van der Waals surface area contributed by atoms with E-state index >= 15 is 0 Å². The van der Waals surface area contributed by atoms with Crippen LogP contribution in [-0.4, -0.2) is 62.5 Å². The maximum Gasteiger partial charge on any atom is 0.194 e. The van der Waals surface area contributed by atoms with Crippen molar-refractivity contribution in [2.75, 3.05) is 31.1 Å². The third kappa shape index (κ3) is 3.04. The van der Waals surface area contributed by atoms with E-state index in [-0.39, 0.29) is 0 Å². The summed E-state index contributed by atoms with van der Waals surface area (Å²) in [5, 5.41) is 17.2. The predicted molar refractivity (Wildman–Crippen MR) is 106 cm³/mol. The highest BCUT2D eigenvalue weighted by Gasteiger charge is 2.30. The average Bonchev–Trinajstić information content (AvgIpc) is 3.08. The van der Waals surface area contributed by atoms with E-state index in [1.54, 1.807) is 0 Å². The number of piperazine rings is 1. The van der Waals surface area contributed by atoms with Gasteiger partial charge in [-0.05, 0) is 44.5 Å². The van der Waals surface area contributed by atoms with Gasteiger partial charge in [-0.15, -0.1) is 10.2 Å². The number of H-pyrrole nitrogens is 1. The third-order valence-corrected chi connectivity index (χ3v) is 6.02. The number of aryl methyl sites for hydroxylation is 1. The molecule has 1 unspecified atom stereocenters. The Balaban J connectivity index is 1.48. The van der Waals surface area contributed by atoms with E-state index in [1.807, 2.05) is 19.1 Å². The highest BCUT2D eigenvalue weighted by atomic mass is 35.5. The summed E-state index contributed by atoms with van der Waals surface area (Å²) >= 11 is 6.39. The second-order valence-electron chi connectivity index (χ2n) is 7.45. The molecule has 8 heteroatoms. The second kappa shape index (κ2) is 6.73. The molecule has 2 aromatic heterocycles. The van der Waals surface area contributed by atoms with Crippen LogP contribution in [0.2, 0.25) is 5.15 Å². The van der Waals surface area contributed by atoms with E-state index in [2.05, 4.69) is 36.3 Å². The summed E-state index contributed by atoms with van der Waals surface area (Å²) in [6.45, 7) is 6.13. The number of hydrogen-bond donors (Lipinski definition) is 1. The number of nitrogens with zero attached hydrogens (tertiary/aromatic N) is 6. The van der Waals surface area contributed by atoms with Gasteiger partial charge in [0, 0.05) is 36.6 Å². The monoisotopic (exact) mass is 383 g/mol. The van der Waals surface area contributed by atoms with E-state index in [0.717, 1.165) is 47.6 Å². The smallest absolute Gasteiger partial charge is 0.194 e. The van der Waals surface area contributed by atoms with Gasteiger partial charge in [0.25, 0.3) is 0 Å². The Kier molecular flexibility index (Phi) is 4.21. The van der Waals surface area contributed by atoms with Gasteiger partial charge in [-0.25, -0.2) is 4.98 Å². The first-order chi connectivity index (χ1) is 13.2. The lowest BCUT2D eigenvalue weighted by atomic mass is 9.99. The van der Waals surface area contributed by atoms with Crippen LogP contribution in [-0.2, 0) is 0 Å². The molecule has 140 valence electrons. The lowest BCUT2D eigenvalue weighted by molar-refractivity contribution is 0.133. The van der Waals surface area contributed by atoms with Crippen molar-refractivity contribution in [1.29, 1.82) is 0 Å². The minimum atomic E-state index is 0.378. The Morgan fingerprint density at radius 1 is 1.15 bits per heavy atom. The zero-order valence-electron chi connectivity index (χ0n) is 15.3. The SMILES string of the molecule is Cc1n[nH]c2ccc(-c3nnc(Cl)c(N4CCN5CCCCC5C4)n3)cc12. The van der Waals surface area contributed by atoms with Gasteiger partial charge in [0.05, 0.1) is 11.2 Å². The molecule has 0 aliphatic carbocycles. The molecule has 0 spiro atoms. The van der Waals surface area contributed by atoms with E-state index in [0.29, 0.717) is 17.0 Å². The van der Waals surface area contributed by atoms with Crippen LogP contribution < -0.4 is 4.90 Å². The number of aromatic amines is 1. The number of halogens is 1. The van der Waals surface area contributed by atoms with Gasteiger partial charge in [0.2, 0.25) is 0 Å². The van der Waals surface area contributed by atoms with Crippen LogP contribution in [0.25, 0.3) is 22.3 Å². The predicted octanol–water partition coefficient (Wildman–Crippen LogP) is 3.05. The molecule has 0 bridgehead atoms. The van der Waals surface area contributed by atoms with Crippen LogP contribution in [0.5, 0.6) is 0 Å². The largest absolute Gasteiger partial charge is 0.351 e. The normalized spacial score (nSPS) is 20.8. The zero-order chi connectivity index (χ0) is 18.4. The van der Waals surface area contributed by atoms with E-state index < -0.39 is 0 Å². The lowest BCUT2D eigenvalue weighted by Crippen LogP contribution is -2.55. The summed E-state index contributed by atoms with van der Waals surface area (Å²) < 4.78 is 0. The quantitative estimate of drug-likeness (QED) is 0.733. The fraction of sp³-hybridized carbons (Fsp3) is 0.474. The van der Waals surface area contributed by atoms with Crippen LogP contribution in [0, 0.1) is 6.92 Å². The van der Waals surface area contributed by atoms with Gasteiger partial charge >= 0.3 is 0 Å². The fourth-order valence-electron chi connectivity index (χ4n) is 4.26. The Hall–Kier alpha value is -2.25. The molecule has 27 heavy (non-hydrogen) atoms. The first-order valence-corrected chi connectivity index (χ1v) is 9.91. The molecule has 2 fully saturated rings. The molecule has 0 saturated carbocycles. The Bertz CT molecular complexity index is 985. The van der Waals surface area contributed by atoms with Crippen LogP contribution in [0.15, 0.2) is 18.2 Å². The summed E-state index contributed by atoms with van der Waals surface area (Å²) in [4.78, 5) is 9.66. The summed E-state index contributed by atoms with van der Waals surface area (Å²) in [6.07, 6.45) is 3.86. The summed E-state index contributed by atoms with van der Waals surface area (Å²) in [6, 6.07) is 6.64. The van der Waals surface area contributed by atoms with Crippen molar-refractivity contribution in [2.24, 2.45) is 0 Å².